The van der Waals surface area contributed by atoms with Crippen LogP contribution in [0.2, 0.25) is 0 Å². The van der Waals surface area contributed by atoms with Gasteiger partial charge in [-0.1, -0.05) is 6.42 Å². The van der Waals surface area contributed by atoms with E-state index in [-0.39, 0.29) is 0 Å². The summed E-state index contributed by atoms with van der Waals surface area (Å²) >= 11 is 0. The number of carbonyl (C=O) groups is 1. The number of carbonyl (C=O) groups excluding carboxylic acids is 1. The molecule has 0 saturated heterocycles. The molecule has 1 atom stereocenters. The van der Waals surface area contributed by atoms with Crippen molar-refractivity contribution in [2.75, 3.05) is 19.6 Å². The molecule has 6 nitrogen and oxygen atoms in total. The molecule has 7 N–H and O–H groups in total. The van der Waals surface area contributed by atoms with E-state index in [4.69, 9.17) is 17.2 Å². The average Bonchev–Trinajstić information content (AvgIpc) is 2.18. The minimum atomic E-state index is -0.577. The van der Waals surface area contributed by atoms with Gasteiger partial charge in [0.25, 0.3) is 0 Å². The molecule has 0 aliphatic rings. The Balaban J connectivity index is 3.44. The normalized spacial score (nSPS) is 12.5. The highest BCUT2D eigenvalue weighted by molar-refractivity contribution is 5.75. The van der Waals surface area contributed by atoms with Gasteiger partial charge in [-0.15, -0.1) is 0 Å². The minimum Gasteiger partial charge on any atom is -0.369 e. The molecular weight excluding hydrogens is 184 g/mol. The lowest BCUT2D eigenvalue weighted by Crippen LogP contribution is -2.37. The van der Waals surface area contributed by atoms with Crippen molar-refractivity contribution in [3.8, 4) is 0 Å². The number of hydroxylamine groups is 1. The molecule has 0 radical (unpaired) electrons. The summed E-state index contributed by atoms with van der Waals surface area (Å²) in [5.41, 5.74) is 18.5. The molecule has 0 rings (SSSR count). The third-order valence-electron chi connectivity index (χ3n) is 1.69. The zero-order valence-corrected chi connectivity index (χ0v) is 8.37. The van der Waals surface area contributed by atoms with Gasteiger partial charge in [0.1, 0.15) is 6.04 Å². The summed E-state index contributed by atoms with van der Waals surface area (Å²) in [5, 5.41) is 0. The summed E-state index contributed by atoms with van der Waals surface area (Å²) in [6, 6.07) is -0.577. The van der Waals surface area contributed by atoms with Crippen LogP contribution < -0.4 is 22.7 Å². The molecule has 6 heteroatoms. The van der Waals surface area contributed by atoms with Crippen LogP contribution in [-0.4, -0.2) is 31.6 Å². The van der Waals surface area contributed by atoms with Gasteiger partial charge >= 0.3 is 5.97 Å². The molecule has 0 aromatic rings. The van der Waals surface area contributed by atoms with E-state index in [9.17, 15) is 4.79 Å². The van der Waals surface area contributed by atoms with Gasteiger partial charge < -0.3 is 22.0 Å². The van der Waals surface area contributed by atoms with E-state index in [1.165, 1.54) is 0 Å². The molecule has 0 spiro atoms. The number of rotatable bonds is 8. The first-order valence-corrected chi connectivity index (χ1v) is 4.81. The predicted octanol–water partition coefficient (Wildman–Crippen LogP) is -1.55. The summed E-state index contributed by atoms with van der Waals surface area (Å²) in [7, 11) is 0. The number of unbranched alkanes of at least 4 members (excludes halogenated alkanes) is 1. The minimum absolute atomic E-state index is 0.412. The number of nitrogens with two attached hydrogens (primary N) is 3. The maximum atomic E-state index is 11.1. The first-order chi connectivity index (χ1) is 6.72. The third-order valence-corrected chi connectivity index (χ3v) is 1.69. The summed E-state index contributed by atoms with van der Waals surface area (Å²) < 4.78 is 0. The Morgan fingerprint density at radius 1 is 1.29 bits per heavy atom. The molecule has 0 aliphatic carbocycles. The van der Waals surface area contributed by atoms with Gasteiger partial charge in [-0.05, 0) is 19.4 Å². The summed E-state index contributed by atoms with van der Waals surface area (Å²) in [5.74, 6) is -0.449. The first-order valence-electron chi connectivity index (χ1n) is 4.81. The smallest absolute Gasteiger partial charge is 0.341 e. The predicted molar refractivity (Wildman–Crippen MR) is 54.0 cm³/mol. The van der Waals surface area contributed by atoms with Crippen molar-refractivity contribution in [3.05, 3.63) is 0 Å². The van der Waals surface area contributed by atoms with Crippen molar-refractivity contribution < 1.29 is 9.63 Å². The Kier molecular flexibility index (Phi) is 8.45. The SMILES string of the molecule is NCCCC[C@H](N)C(=O)ONCCN. The lowest BCUT2D eigenvalue weighted by Gasteiger charge is -2.10. The van der Waals surface area contributed by atoms with Gasteiger partial charge in [0.15, 0.2) is 0 Å². The molecule has 14 heavy (non-hydrogen) atoms. The first kappa shape index (κ1) is 13.3. The largest absolute Gasteiger partial charge is 0.369 e. The number of hydrogen-bond acceptors (Lipinski definition) is 6. The van der Waals surface area contributed by atoms with Crippen LogP contribution in [0.5, 0.6) is 0 Å². The molecular formula is C8H20N4O2. The van der Waals surface area contributed by atoms with Gasteiger partial charge in [-0.2, -0.15) is 5.48 Å². The van der Waals surface area contributed by atoms with E-state index < -0.39 is 12.0 Å². The molecule has 0 aliphatic heterocycles. The zero-order valence-electron chi connectivity index (χ0n) is 8.37. The van der Waals surface area contributed by atoms with Crippen molar-refractivity contribution >= 4 is 5.97 Å². The maximum Gasteiger partial charge on any atom is 0.341 e. The molecule has 0 aromatic carbocycles. The van der Waals surface area contributed by atoms with Gasteiger partial charge in [0, 0.05) is 13.1 Å². The Morgan fingerprint density at radius 2 is 2.00 bits per heavy atom. The Hall–Kier alpha value is -0.690. The standard InChI is InChI=1S/C8H20N4O2/c9-4-2-1-3-7(11)8(13)14-12-6-5-10/h7,12H,1-6,9-11H2/t7-/m0/s1. The molecule has 0 aromatic heterocycles. The van der Waals surface area contributed by atoms with Crippen molar-refractivity contribution in [2.45, 2.75) is 25.3 Å². The highest BCUT2D eigenvalue weighted by atomic mass is 16.7. The van der Waals surface area contributed by atoms with Gasteiger partial charge in [-0.25, -0.2) is 4.79 Å². The van der Waals surface area contributed by atoms with E-state index in [2.05, 4.69) is 10.3 Å². The van der Waals surface area contributed by atoms with Crippen LogP contribution >= 0.6 is 0 Å². The molecule has 0 unspecified atom stereocenters. The highest BCUT2D eigenvalue weighted by Gasteiger charge is 2.14. The lowest BCUT2D eigenvalue weighted by molar-refractivity contribution is -0.152. The maximum absolute atomic E-state index is 11.1. The van der Waals surface area contributed by atoms with Crippen molar-refractivity contribution in [1.82, 2.24) is 5.48 Å². The number of nitrogens with one attached hydrogen (secondary N) is 1. The van der Waals surface area contributed by atoms with Crippen molar-refractivity contribution in [3.63, 3.8) is 0 Å². The van der Waals surface area contributed by atoms with Gasteiger partial charge in [-0.3, -0.25) is 0 Å². The van der Waals surface area contributed by atoms with Crippen molar-refractivity contribution in [2.24, 2.45) is 17.2 Å². The van der Waals surface area contributed by atoms with E-state index >= 15 is 0 Å². The van der Waals surface area contributed by atoms with Crippen LogP contribution in [0.3, 0.4) is 0 Å². The zero-order chi connectivity index (χ0) is 10.8. The topological polar surface area (TPSA) is 116 Å². The summed E-state index contributed by atoms with van der Waals surface area (Å²) in [6.45, 7) is 1.46. The molecule has 84 valence electrons. The summed E-state index contributed by atoms with van der Waals surface area (Å²) in [4.78, 5) is 15.8. The second-order valence-corrected chi connectivity index (χ2v) is 3.00. The molecule has 0 amide bonds. The third kappa shape index (κ3) is 6.79. The fourth-order valence-corrected chi connectivity index (χ4v) is 0.883. The van der Waals surface area contributed by atoms with Crippen LogP contribution in [0.4, 0.5) is 0 Å². The van der Waals surface area contributed by atoms with E-state index in [0.29, 0.717) is 26.1 Å². The molecule has 0 saturated carbocycles. The fraction of sp³-hybridized carbons (Fsp3) is 0.875. The Labute approximate surface area is 84.1 Å². The summed E-state index contributed by atoms with van der Waals surface area (Å²) in [6.07, 6.45) is 2.31. The fourth-order valence-electron chi connectivity index (χ4n) is 0.883. The Bertz CT molecular complexity index is 154. The van der Waals surface area contributed by atoms with Crippen LogP contribution in [0.1, 0.15) is 19.3 Å². The monoisotopic (exact) mass is 204 g/mol. The average molecular weight is 204 g/mol. The molecule has 0 heterocycles. The van der Waals surface area contributed by atoms with E-state index in [1.54, 1.807) is 0 Å². The Morgan fingerprint density at radius 3 is 2.57 bits per heavy atom. The second kappa shape index (κ2) is 8.89. The second-order valence-electron chi connectivity index (χ2n) is 3.00. The van der Waals surface area contributed by atoms with Crippen LogP contribution in [-0.2, 0) is 9.63 Å². The number of hydrogen-bond donors (Lipinski definition) is 4. The molecule has 0 fully saturated rings. The lowest BCUT2D eigenvalue weighted by atomic mass is 10.1. The van der Waals surface area contributed by atoms with Gasteiger partial charge in [0.05, 0.1) is 0 Å². The molecule has 0 bridgehead atoms. The van der Waals surface area contributed by atoms with Crippen LogP contribution in [0, 0.1) is 0 Å². The van der Waals surface area contributed by atoms with E-state index in [1.807, 2.05) is 0 Å². The van der Waals surface area contributed by atoms with Gasteiger partial charge in [0.2, 0.25) is 0 Å². The highest BCUT2D eigenvalue weighted by Crippen LogP contribution is 1.98. The van der Waals surface area contributed by atoms with Crippen LogP contribution in [0.15, 0.2) is 0 Å². The van der Waals surface area contributed by atoms with E-state index in [0.717, 1.165) is 12.8 Å². The van der Waals surface area contributed by atoms with Crippen LogP contribution in [0.25, 0.3) is 0 Å². The quantitative estimate of drug-likeness (QED) is 0.281. The van der Waals surface area contributed by atoms with Crippen molar-refractivity contribution in [1.29, 1.82) is 0 Å².